The van der Waals surface area contributed by atoms with Crippen molar-refractivity contribution in [2.24, 2.45) is 5.73 Å². The maximum absolute atomic E-state index is 12.8. The number of nitrogens with zero attached hydrogens (tertiary/aromatic N) is 2. The van der Waals surface area contributed by atoms with Crippen molar-refractivity contribution in [3.05, 3.63) is 45.9 Å². The Labute approximate surface area is 169 Å². The molecule has 0 aliphatic carbocycles. The minimum Gasteiger partial charge on any atom is -0.338 e. The second-order valence-electron chi connectivity index (χ2n) is 5.77. The van der Waals surface area contributed by atoms with Gasteiger partial charge < -0.3 is 10.6 Å². The molecular formula is C17H23Cl2N3OS2. The number of aromatic nitrogens is 1. The molecule has 1 aromatic carbocycles. The van der Waals surface area contributed by atoms with Gasteiger partial charge >= 0.3 is 0 Å². The van der Waals surface area contributed by atoms with Gasteiger partial charge in [-0.3, -0.25) is 4.79 Å². The van der Waals surface area contributed by atoms with Gasteiger partial charge in [-0.05, 0) is 31.9 Å². The molecule has 138 valence electrons. The number of thiazole rings is 1. The number of aryl methyl sites for hydroxylation is 1. The predicted octanol–water partition coefficient (Wildman–Crippen LogP) is 4.15. The first-order valence-corrected chi connectivity index (χ1v) is 9.67. The van der Waals surface area contributed by atoms with E-state index in [4.69, 9.17) is 5.73 Å². The van der Waals surface area contributed by atoms with Crippen LogP contribution in [-0.2, 0) is 5.75 Å². The van der Waals surface area contributed by atoms with Crippen molar-refractivity contribution in [3.63, 3.8) is 0 Å². The Morgan fingerprint density at radius 1 is 1.32 bits per heavy atom. The smallest absolute Gasteiger partial charge is 0.254 e. The Kier molecular flexibility index (Phi) is 9.24. The zero-order valence-corrected chi connectivity index (χ0v) is 17.3. The summed E-state index contributed by atoms with van der Waals surface area (Å²) in [6.07, 6.45) is 1.78. The molecular weight excluding hydrogens is 397 g/mol. The minimum atomic E-state index is 0. The molecule has 1 fully saturated rings. The van der Waals surface area contributed by atoms with Gasteiger partial charge in [0.2, 0.25) is 0 Å². The summed E-state index contributed by atoms with van der Waals surface area (Å²) in [5.74, 6) is 0.911. The fourth-order valence-electron chi connectivity index (χ4n) is 2.67. The number of amides is 1. The summed E-state index contributed by atoms with van der Waals surface area (Å²) in [5, 5.41) is 3.16. The van der Waals surface area contributed by atoms with Gasteiger partial charge in [-0.15, -0.1) is 47.9 Å². The van der Waals surface area contributed by atoms with Crippen LogP contribution in [0.25, 0.3) is 0 Å². The average molecular weight is 420 g/mol. The second kappa shape index (κ2) is 10.4. The first-order chi connectivity index (χ1) is 11.1. The topological polar surface area (TPSA) is 59.2 Å². The van der Waals surface area contributed by atoms with Crippen LogP contribution in [0.4, 0.5) is 0 Å². The molecule has 1 aliphatic rings. The number of benzene rings is 1. The highest BCUT2D eigenvalue weighted by Gasteiger charge is 2.23. The van der Waals surface area contributed by atoms with Gasteiger partial charge in [0.1, 0.15) is 0 Å². The first kappa shape index (κ1) is 22.3. The molecule has 0 spiro atoms. The summed E-state index contributed by atoms with van der Waals surface area (Å²) < 4.78 is 0. The van der Waals surface area contributed by atoms with Gasteiger partial charge in [0, 0.05) is 35.2 Å². The van der Waals surface area contributed by atoms with E-state index in [1.54, 1.807) is 23.1 Å². The number of rotatable bonds is 4. The molecule has 1 saturated heterocycles. The third-order valence-electron chi connectivity index (χ3n) is 3.99. The number of likely N-dealkylation sites (tertiary alicyclic amines) is 1. The molecule has 0 unspecified atom stereocenters. The molecule has 2 aromatic rings. The molecule has 4 nitrogen and oxygen atoms in total. The Hall–Kier alpha value is -0.790. The third-order valence-corrected chi connectivity index (χ3v) is 5.92. The van der Waals surface area contributed by atoms with Crippen LogP contribution in [0.1, 0.15) is 33.9 Å². The van der Waals surface area contributed by atoms with Crippen molar-refractivity contribution in [2.45, 2.75) is 36.5 Å². The zero-order valence-electron chi connectivity index (χ0n) is 14.0. The van der Waals surface area contributed by atoms with Gasteiger partial charge in [0.15, 0.2) is 0 Å². The van der Waals surface area contributed by atoms with Gasteiger partial charge in [-0.1, -0.05) is 12.1 Å². The molecule has 2 heterocycles. The minimum absolute atomic E-state index is 0. The van der Waals surface area contributed by atoms with Crippen molar-refractivity contribution in [2.75, 3.05) is 13.1 Å². The highest BCUT2D eigenvalue weighted by molar-refractivity contribution is 7.98. The van der Waals surface area contributed by atoms with Crippen molar-refractivity contribution >= 4 is 53.8 Å². The van der Waals surface area contributed by atoms with Crippen molar-refractivity contribution in [1.29, 1.82) is 0 Å². The van der Waals surface area contributed by atoms with Gasteiger partial charge in [0.25, 0.3) is 5.91 Å². The maximum Gasteiger partial charge on any atom is 0.254 e. The molecule has 0 bridgehead atoms. The highest BCUT2D eigenvalue weighted by Crippen LogP contribution is 2.28. The maximum atomic E-state index is 12.8. The van der Waals surface area contributed by atoms with Crippen molar-refractivity contribution in [1.82, 2.24) is 9.88 Å². The Morgan fingerprint density at radius 3 is 2.64 bits per heavy atom. The van der Waals surface area contributed by atoms with E-state index < -0.39 is 0 Å². The van der Waals surface area contributed by atoms with E-state index in [1.807, 2.05) is 36.1 Å². The van der Waals surface area contributed by atoms with E-state index >= 15 is 0 Å². The highest BCUT2D eigenvalue weighted by atomic mass is 35.5. The van der Waals surface area contributed by atoms with Crippen LogP contribution >= 0.6 is 47.9 Å². The van der Waals surface area contributed by atoms with E-state index in [9.17, 15) is 4.79 Å². The van der Waals surface area contributed by atoms with Crippen LogP contribution in [0.2, 0.25) is 0 Å². The lowest BCUT2D eigenvalue weighted by atomic mass is 10.0. The predicted molar refractivity (Wildman–Crippen MR) is 110 cm³/mol. The van der Waals surface area contributed by atoms with Crippen LogP contribution in [0.5, 0.6) is 0 Å². The summed E-state index contributed by atoms with van der Waals surface area (Å²) in [7, 11) is 0. The number of hydrogen-bond donors (Lipinski definition) is 1. The summed E-state index contributed by atoms with van der Waals surface area (Å²) >= 11 is 3.34. The van der Waals surface area contributed by atoms with Gasteiger partial charge in [0.05, 0.1) is 16.3 Å². The molecule has 0 radical (unpaired) electrons. The monoisotopic (exact) mass is 419 g/mol. The number of piperidine rings is 1. The second-order valence-corrected chi connectivity index (χ2v) is 7.85. The quantitative estimate of drug-likeness (QED) is 0.755. The average Bonchev–Trinajstić information content (AvgIpc) is 2.99. The normalized spacial score (nSPS) is 14.6. The third kappa shape index (κ3) is 5.86. The van der Waals surface area contributed by atoms with Crippen molar-refractivity contribution < 1.29 is 4.79 Å². The van der Waals surface area contributed by atoms with Crippen LogP contribution in [-0.4, -0.2) is 34.9 Å². The lowest BCUT2D eigenvalue weighted by Crippen LogP contribution is -2.43. The summed E-state index contributed by atoms with van der Waals surface area (Å²) in [5.41, 5.74) is 7.80. The standard InChI is InChI=1S/C17H21N3OS2.2ClH/c1-12-19-14(10-22-12)11-23-16-5-3-2-4-15(16)17(21)20-8-6-13(18)7-9-20;;/h2-5,10,13H,6-9,11,18H2,1H3;2*1H. The van der Waals surface area contributed by atoms with E-state index in [1.165, 1.54) is 0 Å². The Morgan fingerprint density at radius 2 is 2.00 bits per heavy atom. The first-order valence-electron chi connectivity index (χ1n) is 7.81. The molecule has 8 heteroatoms. The lowest BCUT2D eigenvalue weighted by molar-refractivity contribution is 0.0711. The fraction of sp³-hybridized carbons (Fsp3) is 0.412. The number of carbonyl (C=O) groups is 1. The van der Waals surface area contributed by atoms with E-state index in [0.29, 0.717) is 0 Å². The number of halogens is 2. The van der Waals surface area contributed by atoms with Gasteiger partial charge in [-0.25, -0.2) is 4.98 Å². The van der Waals surface area contributed by atoms with E-state index in [-0.39, 0.29) is 36.8 Å². The molecule has 25 heavy (non-hydrogen) atoms. The van der Waals surface area contributed by atoms with Crippen LogP contribution in [0, 0.1) is 6.92 Å². The zero-order chi connectivity index (χ0) is 16.2. The molecule has 2 N–H and O–H groups in total. The fourth-order valence-corrected chi connectivity index (χ4v) is 4.32. The largest absolute Gasteiger partial charge is 0.338 e. The van der Waals surface area contributed by atoms with E-state index in [2.05, 4.69) is 10.4 Å². The number of hydrogen-bond acceptors (Lipinski definition) is 5. The Balaban J connectivity index is 0.00000156. The number of carbonyl (C=O) groups excluding carboxylic acids is 1. The molecule has 0 saturated carbocycles. The van der Waals surface area contributed by atoms with Crippen LogP contribution in [0.3, 0.4) is 0 Å². The SMILES string of the molecule is Cc1nc(CSc2ccccc2C(=O)N2CCC(N)CC2)cs1.Cl.Cl. The van der Waals surface area contributed by atoms with Gasteiger partial charge in [-0.2, -0.15) is 0 Å². The lowest BCUT2D eigenvalue weighted by Gasteiger charge is -2.30. The molecule has 1 aliphatic heterocycles. The molecule has 1 amide bonds. The van der Waals surface area contributed by atoms with Crippen LogP contribution < -0.4 is 5.73 Å². The summed E-state index contributed by atoms with van der Waals surface area (Å²) in [6.45, 7) is 3.52. The molecule has 1 aromatic heterocycles. The number of nitrogens with two attached hydrogens (primary N) is 1. The summed E-state index contributed by atoms with van der Waals surface area (Å²) in [6, 6.07) is 8.09. The Bertz CT molecular complexity index is 688. The van der Waals surface area contributed by atoms with Crippen molar-refractivity contribution in [3.8, 4) is 0 Å². The molecule has 0 atom stereocenters. The van der Waals surface area contributed by atoms with Crippen LogP contribution in [0.15, 0.2) is 34.5 Å². The van der Waals surface area contributed by atoms with E-state index in [0.717, 1.165) is 52.8 Å². The number of thioether (sulfide) groups is 1. The molecule has 3 rings (SSSR count). The summed E-state index contributed by atoms with van der Waals surface area (Å²) in [4.78, 5) is 20.2.